The summed E-state index contributed by atoms with van der Waals surface area (Å²) in [6.07, 6.45) is 4.75. The highest BCUT2D eigenvalue weighted by atomic mass is 16.2. The molecule has 0 bridgehead atoms. The summed E-state index contributed by atoms with van der Waals surface area (Å²) in [6, 6.07) is 0.282. The number of hydrogen-bond acceptors (Lipinski definition) is 2. The molecule has 0 aromatic carbocycles. The summed E-state index contributed by atoms with van der Waals surface area (Å²) in [6.45, 7) is 4.58. The van der Waals surface area contributed by atoms with Crippen LogP contribution in [-0.4, -0.2) is 40.4 Å². The van der Waals surface area contributed by atoms with Crippen molar-refractivity contribution in [3.05, 3.63) is 0 Å². The molecule has 16 heavy (non-hydrogen) atoms. The Morgan fingerprint density at radius 3 is 2.38 bits per heavy atom. The quantitative estimate of drug-likeness (QED) is 0.719. The SMILES string of the molecule is CC(C)N1CCC(=O)N(C2CCCC2)C1=O. The minimum atomic E-state index is -0.0712. The van der Waals surface area contributed by atoms with Crippen molar-refractivity contribution < 1.29 is 9.59 Å². The van der Waals surface area contributed by atoms with Gasteiger partial charge in [0.15, 0.2) is 0 Å². The Hall–Kier alpha value is -1.06. The van der Waals surface area contributed by atoms with Crippen LogP contribution in [0.1, 0.15) is 46.0 Å². The van der Waals surface area contributed by atoms with E-state index in [4.69, 9.17) is 0 Å². The maximum absolute atomic E-state index is 12.2. The first-order valence-corrected chi connectivity index (χ1v) is 6.24. The van der Waals surface area contributed by atoms with Crippen molar-refractivity contribution in [3.63, 3.8) is 0 Å². The van der Waals surface area contributed by atoms with Crippen LogP contribution in [0.3, 0.4) is 0 Å². The number of carbonyl (C=O) groups excluding carboxylic acids is 2. The van der Waals surface area contributed by atoms with E-state index in [-0.39, 0.29) is 24.0 Å². The van der Waals surface area contributed by atoms with Gasteiger partial charge in [-0.3, -0.25) is 9.69 Å². The third kappa shape index (κ3) is 1.93. The highest BCUT2D eigenvalue weighted by Gasteiger charge is 2.38. The van der Waals surface area contributed by atoms with Crippen molar-refractivity contribution in [1.29, 1.82) is 0 Å². The van der Waals surface area contributed by atoms with Crippen molar-refractivity contribution in [2.45, 2.75) is 58.0 Å². The number of nitrogens with zero attached hydrogens (tertiary/aromatic N) is 2. The van der Waals surface area contributed by atoms with Gasteiger partial charge in [0.25, 0.3) is 0 Å². The monoisotopic (exact) mass is 224 g/mol. The fourth-order valence-electron chi connectivity index (χ4n) is 2.68. The Morgan fingerprint density at radius 2 is 1.81 bits per heavy atom. The van der Waals surface area contributed by atoms with Crippen LogP contribution >= 0.6 is 0 Å². The van der Waals surface area contributed by atoms with Gasteiger partial charge in [0, 0.05) is 25.0 Å². The summed E-state index contributed by atoms with van der Waals surface area (Å²) in [5.41, 5.74) is 0. The standard InChI is InChI=1S/C12H20N2O2/c1-9(2)13-8-7-11(15)14(12(13)16)10-5-3-4-6-10/h9-10H,3-8H2,1-2H3. The molecule has 2 aliphatic rings. The molecule has 4 heteroatoms. The van der Waals surface area contributed by atoms with Crippen LogP contribution in [-0.2, 0) is 4.79 Å². The zero-order valence-corrected chi connectivity index (χ0v) is 10.1. The molecule has 3 amide bonds. The molecule has 1 saturated heterocycles. The zero-order chi connectivity index (χ0) is 11.7. The summed E-state index contributed by atoms with van der Waals surface area (Å²) < 4.78 is 0. The van der Waals surface area contributed by atoms with Gasteiger partial charge in [0.2, 0.25) is 5.91 Å². The smallest absolute Gasteiger partial charge is 0.321 e. The molecular formula is C12H20N2O2. The molecule has 0 aromatic rings. The van der Waals surface area contributed by atoms with Crippen LogP contribution in [0, 0.1) is 0 Å². The van der Waals surface area contributed by atoms with E-state index < -0.39 is 0 Å². The molecule has 1 aliphatic carbocycles. The summed E-state index contributed by atoms with van der Waals surface area (Å²) in [7, 11) is 0. The topological polar surface area (TPSA) is 40.6 Å². The molecular weight excluding hydrogens is 204 g/mol. The number of imide groups is 1. The Morgan fingerprint density at radius 1 is 1.19 bits per heavy atom. The number of carbonyl (C=O) groups is 2. The van der Waals surface area contributed by atoms with Gasteiger partial charge in [-0.2, -0.15) is 0 Å². The molecule has 0 radical (unpaired) electrons. The summed E-state index contributed by atoms with van der Waals surface area (Å²) in [4.78, 5) is 27.4. The van der Waals surface area contributed by atoms with Crippen LogP contribution < -0.4 is 0 Å². The van der Waals surface area contributed by atoms with Crippen molar-refractivity contribution in [2.75, 3.05) is 6.54 Å². The van der Waals surface area contributed by atoms with E-state index in [9.17, 15) is 9.59 Å². The molecule has 1 heterocycles. The van der Waals surface area contributed by atoms with Gasteiger partial charge >= 0.3 is 6.03 Å². The van der Waals surface area contributed by atoms with Gasteiger partial charge in [0.1, 0.15) is 0 Å². The minimum Gasteiger partial charge on any atom is -0.321 e. The van der Waals surface area contributed by atoms with Crippen molar-refractivity contribution in [3.8, 4) is 0 Å². The average Bonchev–Trinajstić information content (AvgIpc) is 2.70. The molecule has 0 N–H and O–H groups in total. The first kappa shape index (κ1) is 11.4. The zero-order valence-electron chi connectivity index (χ0n) is 10.1. The maximum Gasteiger partial charge on any atom is 0.327 e. The van der Waals surface area contributed by atoms with E-state index >= 15 is 0 Å². The third-order valence-electron chi connectivity index (χ3n) is 3.60. The van der Waals surface area contributed by atoms with Crippen LogP contribution in [0.5, 0.6) is 0 Å². The van der Waals surface area contributed by atoms with Crippen LogP contribution in [0.2, 0.25) is 0 Å². The van der Waals surface area contributed by atoms with Crippen LogP contribution in [0.4, 0.5) is 4.79 Å². The second-order valence-electron chi connectivity index (χ2n) is 5.02. The number of amides is 3. The van der Waals surface area contributed by atoms with Gasteiger partial charge in [-0.1, -0.05) is 12.8 Å². The van der Waals surface area contributed by atoms with Gasteiger partial charge in [-0.25, -0.2) is 4.79 Å². The first-order valence-electron chi connectivity index (χ1n) is 6.24. The molecule has 4 nitrogen and oxygen atoms in total. The minimum absolute atomic E-state index is 0.0220. The molecule has 0 unspecified atom stereocenters. The Balaban J connectivity index is 2.13. The molecule has 90 valence electrons. The number of urea groups is 1. The van der Waals surface area contributed by atoms with Gasteiger partial charge < -0.3 is 4.90 Å². The predicted octanol–water partition coefficient (Wildman–Crippen LogP) is 1.99. The van der Waals surface area contributed by atoms with Crippen molar-refractivity contribution in [2.24, 2.45) is 0 Å². The fourth-order valence-corrected chi connectivity index (χ4v) is 2.68. The van der Waals surface area contributed by atoms with Gasteiger partial charge in [-0.15, -0.1) is 0 Å². The first-order chi connectivity index (χ1) is 7.61. The van der Waals surface area contributed by atoms with Gasteiger partial charge in [0.05, 0.1) is 0 Å². The highest BCUT2D eigenvalue weighted by molar-refractivity contribution is 5.97. The lowest BCUT2D eigenvalue weighted by molar-refractivity contribution is -0.133. The molecule has 2 rings (SSSR count). The van der Waals surface area contributed by atoms with Crippen molar-refractivity contribution >= 4 is 11.9 Å². The van der Waals surface area contributed by atoms with E-state index in [1.165, 1.54) is 4.90 Å². The highest BCUT2D eigenvalue weighted by Crippen LogP contribution is 2.27. The molecule has 2 fully saturated rings. The molecule has 1 saturated carbocycles. The largest absolute Gasteiger partial charge is 0.327 e. The van der Waals surface area contributed by atoms with E-state index in [1.807, 2.05) is 13.8 Å². The lowest BCUT2D eigenvalue weighted by Gasteiger charge is -2.39. The van der Waals surface area contributed by atoms with E-state index in [0.29, 0.717) is 13.0 Å². The lowest BCUT2D eigenvalue weighted by Crippen LogP contribution is -2.57. The Kier molecular flexibility index (Phi) is 3.17. The van der Waals surface area contributed by atoms with Crippen LogP contribution in [0.15, 0.2) is 0 Å². The summed E-state index contributed by atoms with van der Waals surface area (Å²) in [5.74, 6) is 0.0220. The predicted molar refractivity (Wildman–Crippen MR) is 61.0 cm³/mol. The number of hydrogen-bond donors (Lipinski definition) is 0. The summed E-state index contributed by atoms with van der Waals surface area (Å²) >= 11 is 0. The third-order valence-corrected chi connectivity index (χ3v) is 3.60. The normalized spacial score (nSPS) is 23.7. The van der Waals surface area contributed by atoms with E-state index in [1.54, 1.807) is 4.90 Å². The fraction of sp³-hybridized carbons (Fsp3) is 0.833. The molecule has 1 aliphatic heterocycles. The number of rotatable bonds is 2. The molecule has 0 aromatic heterocycles. The van der Waals surface area contributed by atoms with Crippen LogP contribution in [0.25, 0.3) is 0 Å². The Bertz CT molecular complexity index is 295. The average molecular weight is 224 g/mol. The van der Waals surface area contributed by atoms with E-state index in [0.717, 1.165) is 25.7 Å². The van der Waals surface area contributed by atoms with E-state index in [2.05, 4.69) is 0 Å². The van der Waals surface area contributed by atoms with Gasteiger partial charge in [-0.05, 0) is 26.7 Å². The lowest BCUT2D eigenvalue weighted by atomic mass is 10.1. The molecule has 0 spiro atoms. The summed E-state index contributed by atoms with van der Waals surface area (Å²) in [5, 5.41) is 0. The Labute approximate surface area is 96.6 Å². The maximum atomic E-state index is 12.2. The molecule has 0 atom stereocenters. The second-order valence-corrected chi connectivity index (χ2v) is 5.02. The van der Waals surface area contributed by atoms with Crippen molar-refractivity contribution in [1.82, 2.24) is 9.80 Å². The second kappa shape index (κ2) is 4.44.